The summed E-state index contributed by atoms with van der Waals surface area (Å²) in [4.78, 5) is 6.54. The highest BCUT2D eigenvalue weighted by molar-refractivity contribution is 5.33. The van der Waals surface area contributed by atoms with Crippen molar-refractivity contribution in [3.05, 3.63) is 54.4 Å². The second-order valence-electron chi connectivity index (χ2n) is 8.61. The van der Waals surface area contributed by atoms with Gasteiger partial charge >= 0.3 is 0 Å². The molecule has 29 heavy (non-hydrogen) atoms. The van der Waals surface area contributed by atoms with Crippen molar-refractivity contribution in [3.63, 3.8) is 0 Å². The highest BCUT2D eigenvalue weighted by Gasteiger charge is 2.35. The van der Waals surface area contributed by atoms with E-state index in [1.165, 1.54) is 5.56 Å². The van der Waals surface area contributed by atoms with Crippen LogP contribution in [0.25, 0.3) is 0 Å². The van der Waals surface area contributed by atoms with E-state index in [1.807, 2.05) is 12.1 Å². The fourth-order valence-electron chi connectivity index (χ4n) is 4.19. The monoisotopic (exact) mass is 396 g/mol. The number of rotatable bonds is 8. The van der Waals surface area contributed by atoms with E-state index < -0.39 is 0 Å². The lowest BCUT2D eigenvalue weighted by molar-refractivity contribution is 0.0300. The van der Waals surface area contributed by atoms with Crippen LogP contribution in [-0.4, -0.2) is 55.4 Å². The lowest BCUT2D eigenvalue weighted by atomic mass is 9.75. The van der Waals surface area contributed by atoms with Gasteiger partial charge in [0, 0.05) is 56.1 Å². The van der Waals surface area contributed by atoms with Gasteiger partial charge in [0.25, 0.3) is 0 Å². The number of aromatic nitrogens is 1. The minimum Gasteiger partial charge on any atom is -0.493 e. The Kier molecular flexibility index (Phi) is 6.36. The van der Waals surface area contributed by atoms with Crippen LogP contribution in [0.5, 0.6) is 11.5 Å². The van der Waals surface area contributed by atoms with Crippen molar-refractivity contribution < 1.29 is 14.2 Å². The first-order valence-corrected chi connectivity index (χ1v) is 10.7. The first-order chi connectivity index (χ1) is 14.1. The first kappa shape index (κ1) is 20.2. The van der Waals surface area contributed by atoms with Crippen LogP contribution in [0.2, 0.25) is 0 Å². The van der Waals surface area contributed by atoms with E-state index in [2.05, 4.69) is 48.0 Å². The molecule has 5 heteroatoms. The number of hydrogen-bond donors (Lipinski definition) is 0. The van der Waals surface area contributed by atoms with Crippen LogP contribution < -0.4 is 9.47 Å². The molecule has 0 N–H and O–H groups in total. The Hall–Kier alpha value is -2.11. The zero-order chi connectivity index (χ0) is 20.1. The summed E-state index contributed by atoms with van der Waals surface area (Å²) in [6.45, 7) is 9.77. The molecule has 0 spiro atoms. The number of hydrogen-bond acceptors (Lipinski definition) is 5. The smallest absolute Gasteiger partial charge is 0.122 e. The van der Waals surface area contributed by atoms with Gasteiger partial charge in [-0.3, -0.25) is 4.98 Å². The molecule has 5 nitrogen and oxygen atoms in total. The molecule has 1 aromatic carbocycles. The molecule has 0 saturated carbocycles. The van der Waals surface area contributed by atoms with Crippen molar-refractivity contribution in [1.82, 2.24) is 9.88 Å². The maximum Gasteiger partial charge on any atom is 0.122 e. The van der Waals surface area contributed by atoms with Gasteiger partial charge in [0.1, 0.15) is 11.5 Å². The molecular formula is C24H32N2O3. The average Bonchev–Trinajstić information content (AvgIpc) is 2.73. The third-order valence-corrected chi connectivity index (χ3v) is 6.28. The van der Waals surface area contributed by atoms with E-state index in [9.17, 15) is 0 Å². The van der Waals surface area contributed by atoms with Crippen LogP contribution in [-0.2, 0) is 10.2 Å². The molecule has 156 valence electrons. The second-order valence-corrected chi connectivity index (χ2v) is 8.61. The largest absolute Gasteiger partial charge is 0.493 e. The molecule has 2 aromatic rings. The summed E-state index contributed by atoms with van der Waals surface area (Å²) in [5.41, 5.74) is 1.28. The maximum atomic E-state index is 6.13. The van der Waals surface area contributed by atoms with Crippen LogP contribution in [0.4, 0.5) is 0 Å². The molecule has 4 rings (SSSR count). The number of nitrogens with zero attached hydrogens (tertiary/aromatic N) is 2. The molecule has 3 heterocycles. The minimum atomic E-state index is -0.0220. The van der Waals surface area contributed by atoms with Gasteiger partial charge in [-0.1, -0.05) is 12.1 Å². The molecule has 0 atom stereocenters. The molecule has 2 aliphatic heterocycles. The SMILES string of the molecule is CC(C)N1CC(COc2ccc(C3(COc4ccncc4)CCOCC3)cc2)C1. The van der Waals surface area contributed by atoms with Gasteiger partial charge in [0.2, 0.25) is 0 Å². The Morgan fingerprint density at radius 2 is 1.66 bits per heavy atom. The number of ether oxygens (including phenoxy) is 3. The summed E-state index contributed by atoms with van der Waals surface area (Å²) in [7, 11) is 0. The van der Waals surface area contributed by atoms with E-state index in [0.717, 1.165) is 57.3 Å². The molecule has 2 fully saturated rings. The normalized spacial score (nSPS) is 19.7. The molecule has 0 aliphatic carbocycles. The number of benzene rings is 1. The van der Waals surface area contributed by atoms with E-state index in [1.54, 1.807) is 12.4 Å². The van der Waals surface area contributed by atoms with Gasteiger partial charge in [-0.15, -0.1) is 0 Å². The van der Waals surface area contributed by atoms with Crippen LogP contribution in [0, 0.1) is 5.92 Å². The fraction of sp³-hybridized carbons (Fsp3) is 0.542. The molecule has 0 bridgehead atoms. The third kappa shape index (κ3) is 4.90. The highest BCUT2D eigenvalue weighted by atomic mass is 16.5. The lowest BCUT2D eigenvalue weighted by Gasteiger charge is -2.41. The first-order valence-electron chi connectivity index (χ1n) is 10.7. The molecular weight excluding hydrogens is 364 g/mol. The number of pyridine rings is 1. The molecule has 0 radical (unpaired) electrons. The van der Waals surface area contributed by atoms with Crippen molar-refractivity contribution in [1.29, 1.82) is 0 Å². The molecule has 0 amide bonds. The summed E-state index contributed by atoms with van der Waals surface area (Å²) < 4.78 is 17.8. The average molecular weight is 397 g/mol. The molecule has 0 unspecified atom stereocenters. The van der Waals surface area contributed by atoms with E-state index in [4.69, 9.17) is 14.2 Å². The van der Waals surface area contributed by atoms with Crippen LogP contribution in [0.1, 0.15) is 32.3 Å². The Balaban J connectivity index is 1.36. The van der Waals surface area contributed by atoms with E-state index in [0.29, 0.717) is 18.6 Å². The Bertz CT molecular complexity index is 751. The fourth-order valence-corrected chi connectivity index (χ4v) is 4.19. The summed E-state index contributed by atoms with van der Waals surface area (Å²) in [5, 5.41) is 0. The maximum absolute atomic E-state index is 6.13. The third-order valence-electron chi connectivity index (χ3n) is 6.28. The van der Waals surface area contributed by atoms with Crippen molar-refractivity contribution in [3.8, 4) is 11.5 Å². The van der Waals surface area contributed by atoms with Crippen molar-refractivity contribution >= 4 is 0 Å². The zero-order valence-electron chi connectivity index (χ0n) is 17.5. The predicted octanol–water partition coefficient (Wildman–Crippen LogP) is 3.93. The van der Waals surface area contributed by atoms with Gasteiger partial charge in [0.05, 0.1) is 13.2 Å². The molecule has 1 aromatic heterocycles. The van der Waals surface area contributed by atoms with Gasteiger partial charge in [-0.2, -0.15) is 0 Å². The highest BCUT2D eigenvalue weighted by Crippen LogP contribution is 2.36. The van der Waals surface area contributed by atoms with Gasteiger partial charge in [-0.25, -0.2) is 0 Å². The lowest BCUT2D eigenvalue weighted by Crippen LogP contribution is -2.52. The van der Waals surface area contributed by atoms with E-state index in [-0.39, 0.29) is 5.41 Å². The Labute approximate surface area is 174 Å². The zero-order valence-corrected chi connectivity index (χ0v) is 17.5. The Morgan fingerprint density at radius 1 is 1.00 bits per heavy atom. The molecule has 2 aliphatic rings. The van der Waals surface area contributed by atoms with E-state index >= 15 is 0 Å². The quantitative estimate of drug-likeness (QED) is 0.676. The van der Waals surface area contributed by atoms with Crippen LogP contribution >= 0.6 is 0 Å². The Morgan fingerprint density at radius 3 is 2.31 bits per heavy atom. The topological polar surface area (TPSA) is 43.8 Å². The van der Waals surface area contributed by atoms with Gasteiger partial charge < -0.3 is 19.1 Å². The standard InChI is InChI=1S/C24H32N2O3/c1-19(2)26-15-20(16-26)17-28-22-5-3-21(4-6-22)24(9-13-27-14-10-24)18-29-23-7-11-25-12-8-23/h3-8,11-12,19-20H,9-10,13-18H2,1-2H3. The summed E-state index contributed by atoms with van der Waals surface area (Å²) in [6.07, 6.45) is 5.46. The second kappa shape index (κ2) is 9.14. The van der Waals surface area contributed by atoms with Crippen molar-refractivity contribution in [2.45, 2.75) is 38.1 Å². The molecule has 2 saturated heterocycles. The van der Waals surface area contributed by atoms with Crippen LogP contribution in [0.3, 0.4) is 0 Å². The van der Waals surface area contributed by atoms with Crippen molar-refractivity contribution in [2.75, 3.05) is 39.5 Å². The summed E-state index contributed by atoms with van der Waals surface area (Å²) in [6, 6.07) is 13.1. The summed E-state index contributed by atoms with van der Waals surface area (Å²) in [5.74, 6) is 2.46. The van der Waals surface area contributed by atoms with Gasteiger partial charge in [-0.05, 0) is 56.5 Å². The van der Waals surface area contributed by atoms with Gasteiger partial charge in [0.15, 0.2) is 0 Å². The van der Waals surface area contributed by atoms with Crippen molar-refractivity contribution in [2.24, 2.45) is 5.92 Å². The van der Waals surface area contributed by atoms with Crippen LogP contribution in [0.15, 0.2) is 48.8 Å². The summed E-state index contributed by atoms with van der Waals surface area (Å²) >= 11 is 0. The minimum absolute atomic E-state index is 0.0220. The number of likely N-dealkylation sites (tertiary alicyclic amines) is 1. The predicted molar refractivity (Wildman–Crippen MR) is 114 cm³/mol.